The number of alkyl halides is 3. The number of carbonyl (C=O) groups is 3. The van der Waals surface area contributed by atoms with Crippen molar-refractivity contribution in [3.05, 3.63) is 98.9 Å². The summed E-state index contributed by atoms with van der Waals surface area (Å²) in [5.74, 6) is -3.93. The maximum Gasteiger partial charge on any atom is 0.416 e. The summed E-state index contributed by atoms with van der Waals surface area (Å²) >= 11 is 1.05. The van der Waals surface area contributed by atoms with Crippen molar-refractivity contribution >= 4 is 34.7 Å². The number of amides is 1. The Bertz CT molecular complexity index is 1300. The second-order valence-corrected chi connectivity index (χ2v) is 8.07. The molecule has 0 saturated carbocycles. The Morgan fingerprint density at radius 1 is 1.00 bits per heavy atom. The molecule has 2 aromatic carbocycles. The molecule has 0 fully saturated rings. The van der Waals surface area contributed by atoms with Gasteiger partial charge in [-0.15, -0.1) is 11.3 Å². The van der Waals surface area contributed by atoms with Crippen molar-refractivity contribution in [2.24, 2.45) is 0 Å². The molecule has 0 bridgehead atoms. The Labute approximate surface area is 188 Å². The number of halogens is 3. The van der Waals surface area contributed by atoms with Gasteiger partial charge in [0.1, 0.15) is 0 Å². The number of carbonyl (C=O) groups excluding carboxylic acids is 2. The number of nitrogens with zero attached hydrogens (tertiary/aromatic N) is 1. The first-order valence-electron chi connectivity index (χ1n) is 9.45. The number of ketones is 1. The molecule has 2 N–H and O–H groups in total. The number of rotatable bonds is 5. The van der Waals surface area contributed by atoms with E-state index in [1.165, 1.54) is 30.3 Å². The van der Waals surface area contributed by atoms with E-state index in [2.05, 4.69) is 0 Å². The highest BCUT2D eigenvalue weighted by Gasteiger charge is 2.45. The van der Waals surface area contributed by atoms with Crippen LogP contribution in [0.1, 0.15) is 37.2 Å². The van der Waals surface area contributed by atoms with Gasteiger partial charge in [-0.05, 0) is 47.3 Å². The van der Waals surface area contributed by atoms with Gasteiger partial charge in [0.15, 0.2) is 5.76 Å². The molecule has 4 rings (SSSR count). The molecule has 0 radical (unpaired) electrons. The van der Waals surface area contributed by atoms with Crippen LogP contribution in [0, 0.1) is 0 Å². The number of hydrogen-bond donors (Lipinski definition) is 2. The molecule has 1 aliphatic heterocycles. The second-order valence-electron chi connectivity index (χ2n) is 7.13. The molecule has 1 amide bonds. The number of aliphatic hydroxyl groups excluding tert-OH is 1. The number of Topliss-reactive ketones (excluding diaryl/α,β-unsaturated/α-hetero) is 1. The topological polar surface area (TPSA) is 94.9 Å². The largest absolute Gasteiger partial charge is 0.503 e. The van der Waals surface area contributed by atoms with E-state index in [1.54, 1.807) is 11.4 Å². The van der Waals surface area contributed by atoms with E-state index in [0.29, 0.717) is 0 Å². The van der Waals surface area contributed by atoms with Crippen LogP contribution in [0.5, 0.6) is 0 Å². The summed E-state index contributed by atoms with van der Waals surface area (Å²) in [6, 6.07) is 10.9. The van der Waals surface area contributed by atoms with Crippen molar-refractivity contribution in [2.75, 3.05) is 4.90 Å². The van der Waals surface area contributed by atoms with Crippen molar-refractivity contribution in [1.29, 1.82) is 0 Å². The summed E-state index contributed by atoms with van der Waals surface area (Å²) in [4.78, 5) is 38.7. The van der Waals surface area contributed by atoms with Gasteiger partial charge in [0.25, 0.3) is 5.91 Å². The van der Waals surface area contributed by atoms with Gasteiger partial charge >= 0.3 is 12.1 Å². The fourth-order valence-corrected chi connectivity index (χ4v) is 4.31. The highest BCUT2D eigenvalue weighted by molar-refractivity contribution is 7.12. The summed E-state index contributed by atoms with van der Waals surface area (Å²) in [5, 5.41) is 21.5. The Morgan fingerprint density at radius 3 is 2.36 bits per heavy atom. The lowest BCUT2D eigenvalue weighted by Crippen LogP contribution is -2.31. The van der Waals surface area contributed by atoms with Crippen LogP contribution < -0.4 is 4.90 Å². The minimum Gasteiger partial charge on any atom is -0.503 e. The highest BCUT2D eigenvalue weighted by atomic mass is 32.1. The molecule has 1 unspecified atom stereocenters. The normalized spacial score (nSPS) is 16.4. The van der Waals surface area contributed by atoms with Crippen molar-refractivity contribution in [3.8, 4) is 0 Å². The summed E-state index contributed by atoms with van der Waals surface area (Å²) in [7, 11) is 0. The van der Waals surface area contributed by atoms with Crippen molar-refractivity contribution in [1.82, 2.24) is 0 Å². The number of carboxylic acid groups (broad SMARTS) is 1. The summed E-state index contributed by atoms with van der Waals surface area (Å²) < 4.78 is 40.1. The molecular weight excluding hydrogens is 459 g/mol. The molecule has 1 atom stereocenters. The average Bonchev–Trinajstić information content (AvgIpc) is 3.40. The number of anilines is 1. The van der Waals surface area contributed by atoms with Gasteiger partial charge in [0.2, 0.25) is 5.78 Å². The van der Waals surface area contributed by atoms with Crippen LogP contribution in [0.25, 0.3) is 0 Å². The second kappa shape index (κ2) is 8.21. The van der Waals surface area contributed by atoms with Crippen molar-refractivity contribution < 1.29 is 37.8 Å². The first-order valence-corrected chi connectivity index (χ1v) is 10.3. The smallest absolute Gasteiger partial charge is 0.416 e. The van der Waals surface area contributed by atoms with Crippen LogP contribution in [0.2, 0.25) is 0 Å². The van der Waals surface area contributed by atoms with Gasteiger partial charge in [-0.25, -0.2) is 4.79 Å². The molecule has 33 heavy (non-hydrogen) atoms. The maximum atomic E-state index is 13.4. The van der Waals surface area contributed by atoms with Gasteiger partial charge in [0, 0.05) is 5.69 Å². The number of thiophene rings is 1. The lowest BCUT2D eigenvalue weighted by molar-refractivity contribution is -0.137. The molecule has 10 heteroatoms. The first kappa shape index (κ1) is 22.3. The van der Waals surface area contributed by atoms with Crippen LogP contribution in [-0.2, 0) is 11.0 Å². The first-order chi connectivity index (χ1) is 15.6. The number of carboxylic acids is 1. The van der Waals surface area contributed by atoms with Crippen molar-refractivity contribution in [3.63, 3.8) is 0 Å². The lowest BCUT2D eigenvalue weighted by atomic mass is 9.93. The summed E-state index contributed by atoms with van der Waals surface area (Å²) in [5.41, 5.74) is -1.63. The van der Waals surface area contributed by atoms with Crippen molar-refractivity contribution in [2.45, 2.75) is 12.2 Å². The maximum absolute atomic E-state index is 13.4. The molecule has 3 aromatic rings. The minimum absolute atomic E-state index is 0.00263. The van der Waals surface area contributed by atoms with E-state index in [4.69, 9.17) is 0 Å². The molecular formula is C23H14F3NO5S. The van der Waals surface area contributed by atoms with Crippen LogP contribution in [-0.4, -0.2) is 27.9 Å². The monoisotopic (exact) mass is 473 g/mol. The lowest BCUT2D eigenvalue weighted by Gasteiger charge is -2.27. The Balaban J connectivity index is 1.92. The van der Waals surface area contributed by atoms with Gasteiger partial charge in [-0.1, -0.05) is 24.3 Å². The van der Waals surface area contributed by atoms with Gasteiger partial charge in [-0.3, -0.25) is 14.5 Å². The Kier molecular flexibility index (Phi) is 5.54. The molecule has 1 aromatic heterocycles. The van der Waals surface area contributed by atoms with E-state index in [1.807, 2.05) is 0 Å². The molecule has 2 heterocycles. The third kappa shape index (κ3) is 4.00. The molecule has 1 aliphatic rings. The number of hydrogen-bond acceptors (Lipinski definition) is 5. The van der Waals surface area contributed by atoms with Crippen LogP contribution in [0.15, 0.2) is 77.4 Å². The van der Waals surface area contributed by atoms with E-state index in [-0.39, 0.29) is 27.3 Å². The fourth-order valence-electron chi connectivity index (χ4n) is 3.63. The van der Waals surface area contributed by atoms with Crippen LogP contribution in [0.4, 0.5) is 18.9 Å². The summed E-state index contributed by atoms with van der Waals surface area (Å²) in [6.45, 7) is 0. The zero-order valence-corrected chi connectivity index (χ0v) is 17.4. The molecule has 0 spiro atoms. The number of aliphatic hydroxyl groups is 1. The zero-order valence-electron chi connectivity index (χ0n) is 16.5. The quantitative estimate of drug-likeness (QED) is 0.494. The van der Waals surface area contributed by atoms with Crippen LogP contribution >= 0.6 is 11.3 Å². The van der Waals surface area contributed by atoms with E-state index in [9.17, 15) is 37.8 Å². The molecule has 0 saturated heterocycles. The summed E-state index contributed by atoms with van der Waals surface area (Å²) in [6.07, 6.45) is -4.68. The van der Waals surface area contributed by atoms with Crippen LogP contribution in [0.3, 0.4) is 0 Å². The third-order valence-corrected chi connectivity index (χ3v) is 5.97. The third-order valence-electron chi connectivity index (χ3n) is 5.10. The zero-order chi connectivity index (χ0) is 23.9. The van der Waals surface area contributed by atoms with Gasteiger partial charge in [-0.2, -0.15) is 13.2 Å². The van der Waals surface area contributed by atoms with Gasteiger partial charge in [0.05, 0.1) is 27.6 Å². The molecule has 168 valence electrons. The fraction of sp³-hybridized carbons (Fsp3) is 0.0870. The molecule has 6 nitrogen and oxygen atoms in total. The van der Waals surface area contributed by atoms with E-state index in [0.717, 1.165) is 40.5 Å². The predicted molar refractivity (Wildman–Crippen MR) is 113 cm³/mol. The van der Waals surface area contributed by atoms with Gasteiger partial charge < -0.3 is 10.2 Å². The Hall–Kier alpha value is -3.92. The SMILES string of the molecule is O=C(O)c1cccc(N2C(=O)C(O)=C(C(=O)c3cccs3)C2c2cccc(C(F)(F)F)c2)c1. The minimum atomic E-state index is -4.68. The number of benzene rings is 2. The highest BCUT2D eigenvalue weighted by Crippen LogP contribution is 2.43. The standard InChI is InChI=1S/C23H14F3NO5S/c24-23(25,26)14-6-1-4-12(10-14)18-17(19(28)16-8-3-9-33-16)20(29)21(30)27(18)15-7-2-5-13(11-15)22(31)32/h1-11,18,29H,(H,31,32). The average molecular weight is 473 g/mol. The van der Waals surface area contributed by atoms with E-state index < -0.39 is 41.2 Å². The predicted octanol–water partition coefficient (Wildman–Crippen LogP) is 5.25. The van der Waals surface area contributed by atoms with E-state index >= 15 is 0 Å². The molecule has 0 aliphatic carbocycles. The number of aromatic carboxylic acids is 1. The Morgan fingerprint density at radius 2 is 1.73 bits per heavy atom.